The summed E-state index contributed by atoms with van der Waals surface area (Å²) in [5.41, 5.74) is 0. The number of hydrogen-bond donors (Lipinski definition) is 0. The molecule has 1 saturated heterocycles. The zero-order valence-electron chi connectivity index (χ0n) is 12.2. The van der Waals surface area contributed by atoms with Crippen molar-refractivity contribution in [3.8, 4) is 0 Å². The Morgan fingerprint density at radius 2 is 2.14 bits per heavy atom. The van der Waals surface area contributed by atoms with Crippen molar-refractivity contribution < 1.29 is 9.13 Å². The molecular formula is C15H18FN5O. The van der Waals surface area contributed by atoms with E-state index >= 15 is 0 Å². The van der Waals surface area contributed by atoms with Crippen LogP contribution < -0.4 is 4.90 Å². The van der Waals surface area contributed by atoms with Crippen molar-refractivity contribution in [2.75, 3.05) is 18.1 Å². The second-order valence-corrected chi connectivity index (χ2v) is 5.89. The van der Waals surface area contributed by atoms with Gasteiger partial charge >= 0.3 is 0 Å². The van der Waals surface area contributed by atoms with E-state index in [2.05, 4.69) is 24.4 Å². The van der Waals surface area contributed by atoms with Crippen molar-refractivity contribution in [2.45, 2.75) is 31.5 Å². The molecule has 0 unspecified atom stereocenters. The lowest BCUT2D eigenvalue weighted by atomic mass is 10.0. The van der Waals surface area contributed by atoms with Crippen LogP contribution in [0.1, 0.15) is 12.8 Å². The monoisotopic (exact) mass is 303 g/mol. The average molecular weight is 303 g/mol. The molecule has 0 aromatic carbocycles. The summed E-state index contributed by atoms with van der Waals surface area (Å²) < 4.78 is 21.2. The van der Waals surface area contributed by atoms with Gasteiger partial charge in [0.25, 0.3) is 0 Å². The van der Waals surface area contributed by atoms with Crippen molar-refractivity contribution >= 4 is 5.95 Å². The number of fused-ring (bicyclic) bond motifs is 1. The van der Waals surface area contributed by atoms with Crippen LogP contribution in [-0.2, 0) is 11.3 Å². The minimum atomic E-state index is -0.405. The Hall–Kier alpha value is -2.02. The van der Waals surface area contributed by atoms with Crippen LogP contribution in [-0.4, -0.2) is 44.8 Å². The second kappa shape index (κ2) is 5.64. The highest BCUT2D eigenvalue weighted by atomic mass is 19.1. The predicted molar refractivity (Wildman–Crippen MR) is 77.8 cm³/mol. The lowest BCUT2D eigenvalue weighted by molar-refractivity contribution is -0.00612. The van der Waals surface area contributed by atoms with E-state index in [0.29, 0.717) is 18.5 Å². The molecule has 0 N–H and O–H groups in total. The first-order valence-electron chi connectivity index (χ1n) is 7.63. The third kappa shape index (κ3) is 2.45. The molecule has 116 valence electrons. The van der Waals surface area contributed by atoms with Gasteiger partial charge in [-0.05, 0) is 12.8 Å². The van der Waals surface area contributed by atoms with Crippen LogP contribution in [0, 0.1) is 11.7 Å². The first-order valence-corrected chi connectivity index (χ1v) is 7.63. The van der Waals surface area contributed by atoms with Crippen molar-refractivity contribution in [3.05, 3.63) is 36.9 Å². The van der Waals surface area contributed by atoms with Crippen LogP contribution in [0.5, 0.6) is 0 Å². The molecule has 6 nitrogen and oxygen atoms in total. The van der Waals surface area contributed by atoms with Gasteiger partial charge in [-0.25, -0.2) is 19.3 Å². The van der Waals surface area contributed by atoms with Crippen LogP contribution in [0.15, 0.2) is 31.1 Å². The lowest BCUT2D eigenvalue weighted by Gasteiger charge is -2.39. The zero-order chi connectivity index (χ0) is 14.9. The molecule has 3 heterocycles. The Kier molecular flexibility index (Phi) is 3.49. The number of rotatable bonds is 3. The Balaban J connectivity index is 1.52. The van der Waals surface area contributed by atoms with Gasteiger partial charge < -0.3 is 14.2 Å². The summed E-state index contributed by atoms with van der Waals surface area (Å²) in [5, 5.41) is 0. The number of nitrogens with zero attached hydrogens (tertiary/aromatic N) is 5. The Morgan fingerprint density at radius 1 is 1.27 bits per heavy atom. The number of ether oxygens (including phenoxy) is 1. The molecule has 0 amide bonds. The molecule has 3 atom stereocenters. The van der Waals surface area contributed by atoms with E-state index in [1.165, 1.54) is 12.4 Å². The van der Waals surface area contributed by atoms with Crippen LogP contribution in [0.2, 0.25) is 0 Å². The van der Waals surface area contributed by atoms with Crippen molar-refractivity contribution in [3.63, 3.8) is 0 Å². The average Bonchev–Trinajstić information content (AvgIpc) is 3.19. The highest BCUT2D eigenvalue weighted by Crippen LogP contribution is 2.36. The standard InChI is InChI=1S/C15H18FN5O/c16-12-7-18-15(19-8-12)21-5-6-22-14-11(1-2-13(14)21)9-20-4-3-17-10-20/h3-4,7-8,10-11,13-14H,1-2,5-6,9H2/t11-,13-,14-/m1/s1. The van der Waals surface area contributed by atoms with E-state index < -0.39 is 5.82 Å². The Bertz CT molecular complexity index is 617. The lowest BCUT2D eigenvalue weighted by Crippen LogP contribution is -2.51. The molecule has 4 rings (SSSR count). The fourth-order valence-corrected chi connectivity index (χ4v) is 3.62. The molecule has 1 aliphatic heterocycles. The van der Waals surface area contributed by atoms with Gasteiger partial charge in [-0.15, -0.1) is 0 Å². The number of halogens is 1. The smallest absolute Gasteiger partial charge is 0.225 e. The van der Waals surface area contributed by atoms with Gasteiger partial charge in [0, 0.05) is 31.4 Å². The summed E-state index contributed by atoms with van der Waals surface area (Å²) in [6.07, 6.45) is 10.4. The molecule has 1 aliphatic carbocycles. The molecule has 2 aromatic rings. The number of hydrogen-bond acceptors (Lipinski definition) is 5. The van der Waals surface area contributed by atoms with Crippen LogP contribution in [0.25, 0.3) is 0 Å². The van der Waals surface area contributed by atoms with Gasteiger partial charge in [-0.2, -0.15) is 0 Å². The van der Waals surface area contributed by atoms with Gasteiger partial charge in [-0.3, -0.25) is 0 Å². The summed E-state index contributed by atoms with van der Waals surface area (Å²) in [5.74, 6) is 0.656. The molecule has 7 heteroatoms. The maximum Gasteiger partial charge on any atom is 0.225 e. The molecule has 0 bridgehead atoms. The summed E-state index contributed by atoms with van der Waals surface area (Å²) in [4.78, 5) is 14.5. The largest absolute Gasteiger partial charge is 0.374 e. The number of imidazole rings is 1. The number of aromatic nitrogens is 4. The van der Waals surface area contributed by atoms with E-state index in [1.807, 2.05) is 12.5 Å². The van der Waals surface area contributed by atoms with Crippen molar-refractivity contribution in [1.29, 1.82) is 0 Å². The van der Waals surface area contributed by atoms with Crippen LogP contribution in [0.3, 0.4) is 0 Å². The third-order valence-electron chi connectivity index (χ3n) is 4.59. The molecule has 2 fully saturated rings. The predicted octanol–water partition coefficient (Wildman–Crippen LogP) is 1.50. The zero-order valence-corrected chi connectivity index (χ0v) is 12.2. The van der Waals surface area contributed by atoms with E-state index in [4.69, 9.17) is 4.74 Å². The van der Waals surface area contributed by atoms with Gasteiger partial charge in [0.2, 0.25) is 5.95 Å². The van der Waals surface area contributed by atoms with E-state index in [1.54, 1.807) is 6.20 Å². The Labute approximate surface area is 128 Å². The summed E-state index contributed by atoms with van der Waals surface area (Å²) in [7, 11) is 0. The Morgan fingerprint density at radius 3 is 2.91 bits per heavy atom. The van der Waals surface area contributed by atoms with Crippen LogP contribution in [0.4, 0.5) is 10.3 Å². The molecule has 22 heavy (non-hydrogen) atoms. The maximum absolute atomic E-state index is 13.0. The SMILES string of the molecule is Fc1cnc(N2CCO[C@@H]3[C@@H](Cn4ccnc4)CC[C@H]32)nc1. The second-order valence-electron chi connectivity index (χ2n) is 5.89. The molecular weight excluding hydrogens is 285 g/mol. The summed E-state index contributed by atoms with van der Waals surface area (Å²) in [6.45, 7) is 2.33. The molecule has 2 aliphatic rings. The van der Waals surface area contributed by atoms with Crippen molar-refractivity contribution in [2.24, 2.45) is 5.92 Å². The summed E-state index contributed by atoms with van der Waals surface area (Å²) in [6, 6.07) is 0.271. The first-order chi connectivity index (χ1) is 10.8. The molecule has 1 saturated carbocycles. The minimum absolute atomic E-state index is 0.171. The maximum atomic E-state index is 13.0. The van der Waals surface area contributed by atoms with Gasteiger partial charge in [0.15, 0.2) is 5.82 Å². The fraction of sp³-hybridized carbons (Fsp3) is 0.533. The summed E-state index contributed by atoms with van der Waals surface area (Å²) >= 11 is 0. The number of morpholine rings is 1. The first kappa shape index (κ1) is 13.6. The number of anilines is 1. The highest BCUT2D eigenvalue weighted by molar-refractivity contribution is 5.33. The highest BCUT2D eigenvalue weighted by Gasteiger charge is 2.43. The minimum Gasteiger partial charge on any atom is -0.374 e. The van der Waals surface area contributed by atoms with E-state index in [-0.39, 0.29) is 12.1 Å². The normalized spacial score (nSPS) is 27.9. The molecule has 0 spiro atoms. The van der Waals surface area contributed by atoms with Gasteiger partial charge in [0.05, 0.1) is 37.5 Å². The quantitative estimate of drug-likeness (QED) is 0.860. The molecule has 0 radical (unpaired) electrons. The van der Waals surface area contributed by atoms with Gasteiger partial charge in [-0.1, -0.05) is 0 Å². The van der Waals surface area contributed by atoms with Gasteiger partial charge in [0.1, 0.15) is 0 Å². The van der Waals surface area contributed by atoms with Crippen molar-refractivity contribution in [1.82, 2.24) is 19.5 Å². The molecule has 2 aromatic heterocycles. The topological polar surface area (TPSA) is 56.1 Å². The van der Waals surface area contributed by atoms with Crippen LogP contribution >= 0.6 is 0 Å². The fourth-order valence-electron chi connectivity index (χ4n) is 3.62. The van der Waals surface area contributed by atoms with E-state index in [0.717, 1.165) is 25.9 Å². The third-order valence-corrected chi connectivity index (χ3v) is 4.59. The van der Waals surface area contributed by atoms with E-state index in [9.17, 15) is 4.39 Å².